The molecular formula is C12H7ClN2O5. The predicted molar refractivity (Wildman–Crippen MR) is 69.1 cm³/mol. The molecule has 20 heavy (non-hydrogen) atoms. The maximum atomic E-state index is 12.2. The van der Waals surface area contributed by atoms with Crippen molar-refractivity contribution in [2.24, 2.45) is 0 Å². The number of phenolic OH excluding ortho intramolecular Hbond substituents is 2. The van der Waals surface area contributed by atoms with Crippen LogP contribution in [0.2, 0.25) is 5.15 Å². The number of rotatable bonds is 3. The monoisotopic (exact) mass is 294 g/mol. The first-order chi connectivity index (χ1) is 9.40. The lowest BCUT2D eigenvalue weighted by Crippen LogP contribution is -2.08. The minimum Gasteiger partial charge on any atom is -0.508 e. The van der Waals surface area contributed by atoms with Crippen molar-refractivity contribution in [1.29, 1.82) is 0 Å². The van der Waals surface area contributed by atoms with Crippen LogP contribution in [0.4, 0.5) is 5.69 Å². The van der Waals surface area contributed by atoms with Gasteiger partial charge in [0.15, 0.2) is 5.69 Å². The second-order valence-corrected chi connectivity index (χ2v) is 4.18. The van der Waals surface area contributed by atoms with E-state index in [-0.39, 0.29) is 16.5 Å². The van der Waals surface area contributed by atoms with Gasteiger partial charge in [0.05, 0.1) is 10.5 Å². The Morgan fingerprint density at radius 1 is 1.25 bits per heavy atom. The molecule has 0 atom stereocenters. The summed E-state index contributed by atoms with van der Waals surface area (Å²) in [5.74, 6) is -1.62. The van der Waals surface area contributed by atoms with Crippen molar-refractivity contribution in [3.8, 4) is 11.5 Å². The van der Waals surface area contributed by atoms with Gasteiger partial charge in [-0.15, -0.1) is 0 Å². The Morgan fingerprint density at radius 3 is 2.55 bits per heavy atom. The molecule has 0 fully saturated rings. The maximum Gasteiger partial charge on any atom is 0.299 e. The molecule has 0 radical (unpaired) electrons. The van der Waals surface area contributed by atoms with Gasteiger partial charge in [-0.05, 0) is 18.2 Å². The fourth-order valence-corrected chi connectivity index (χ4v) is 1.73. The summed E-state index contributed by atoms with van der Waals surface area (Å²) >= 11 is 5.63. The average Bonchev–Trinajstić information content (AvgIpc) is 2.37. The van der Waals surface area contributed by atoms with Gasteiger partial charge < -0.3 is 10.2 Å². The van der Waals surface area contributed by atoms with Crippen LogP contribution in [0.15, 0.2) is 30.3 Å². The van der Waals surface area contributed by atoms with Crippen LogP contribution >= 0.6 is 11.6 Å². The van der Waals surface area contributed by atoms with E-state index in [0.29, 0.717) is 0 Å². The molecule has 0 amide bonds. The van der Waals surface area contributed by atoms with E-state index in [2.05, 4.69) is 4.98 Å². The molecule has 102 valence electrons. The zero-order chi connectivity index (χ0) is 14.9. The van der Waals surface area contributed by atoms with E-state index in [1.54, 1.807) is 0 Å². The zero-order valence-corrected chi connectivity index (χ0v) is 10.5. The highest BCUT2D eigenvalue weighted by Crippen LogP contribution is 2.28. The summed E-state index contributed by atoms with van der Waals surface area (Å²) in [4.78, 5) is 25.9. The molecule has 7 nitrogen and oxygen atoms in total. The quantitative estimate of drug-likeness (QED) is 0.388. The lowest BCUT2D eigenvalue weighted by Gasteiger charge is -2.05. The molecule has 0 saturated heterocycles. The maximum absolute atomic E-state index is 12.2. The van der Waals surface area contributed by atoms with E-state index >= 15 is 0 Å². The molecule has 0 saturated carbocycles. The number of phenols is 2. The summed E-state index contributed by atoms with van der Waals surface area (Å²) < 4.78 is 0. The Balaban J connectivity index is 2.58. The van der Waals surface area contributed by atoms with Crippen LogP contribution in [0.5, 0.6) is 11.5 Å². The van der Waals surface area contributed by atoms with Crippen molar-refractivity contribution in [3.05, 3.63) is 56.9 Å². The van der Waals surface area contributed by atoms with Gasteiger partial charge in [0.1, 0.15) is 16.7 Å². The van der Waals surface area contributed by atoms with Gasteiger partial charge in [0.2, 0.25) is 5.78 Å². The molecule has 2 aromatic rings. The van der Waals surface area contributed by atoms with Crippen molar-refractivity contribution >= 4 is 23.1 Å². The first-order valence-corrected chi connectivity index (χ1v) is 5.65. The molecule has 0 spiro atoms. The van der Waals surface area contributed by atoms with Crippen LogP contribution in [-0.4, -0.2) is 25.9 Å². The molecule has 1 aromatic carbocycles. The molecule has 1 heterocycles. The van der Waals surface area contributed by atoms with Gasteiger partial charge in [-0.3, -0.25) is 14.9 Å². The third-order valence-electron chi connectivity index (χ3n) is 2.48. The number of carbonyl (C=O) groups excluding carboxylic acids is 1. The summed E-state index contributed by atoms with van der Waals surface area (Å²) in [7, 11) is 0. The van der Waals surface area contributed by atoms with Gasteiger partial charge in [-0.1, -0.05) is 11.6 Å². The Morgan fingerprint density at radius 2 is 1.95 bits per heavy atom. The minimum absolute atomic E-state index is 0.0859. The van der Waals surface area contributed by atoms with Crippen LogP contribution in [0.3, 0.4) is 0 Å². The highest BCUT2D eigenvalue weighted by molar-refractivity contribution is 6.29. The lowest BCUT2D eigenvalue weighted by atomic mass is 10.1. The van der Waals surface area contributed by atoms with Crippen molar-refractivity contribution < 1.29 is 19.9 Å². The topological polar surface area (TPSA) is 114 Å². The number of aromatic hydroxyl groups is 2. The van der Waals surface area contributed by atoms with Crippen molar-refractivity contribution in [2.75, 3.05) is 0 Å². The first-order valence-electron chi connectivity index (χ1n) is 5.28. The van der Waals surface area contributed by atoms with E-state index in [4.69, 9.17) is 16.7 Å². The van der Waals surface area contributed by atoms with E-state index < -0.39 is 27.8 Å². The standard InChI is InChI=1S/C12H7ClN2O5/c13-10-4-3-8(15(19)20)11(14-10)12(18)7-2-1-6(16)5-9(7)17/h1-5,16-17H. The molecule has 0 bridgehead atoms. The fraction of sp³-hybridized carbons (Fsp3) is 0. The van der Waals surface area contributed by atoms with Crippen molar-refractivity contribution in [1.82, 2.24) is 4.98 Å². The largest absolute Gasteiger partial charge is 0.508 e. The molecule has 8 heteroatoms. The smallest absolute Gasteiger partial charge is 0.299 e. The highest BCUT2D eigenvalue weighted by atomic mass is 35.5. The fourth-order valence-electron chi connectivity index (χ4n) is 1.58. The van der Waals surface area contributed by atoms with E-state index in [1.165, 1.54) is 12.1 Å². The van der Waals surface area contributed by atoms with Crippen molar-refractivity contribution in [2.45, 2.75) is 0 Å². The van der Waals surface area contributed by atoms with Gasteiger partial charge in [-0.25, -0.2) is 4.98 Å². The summed E-state index contributed by atoms with van der Waals surface area (Å²) in [6.07, 6.45) is 0. The molecule has 0 aliphatic rings. The summed E-state index contributed by atoms with van der Waals surface area (Å²) in [5, 5.41) is 29.6. The zero-order valence-electron chi connectivity index (χ0n) is 9.78. The number of hydrogen-bond donors (Lipinski definition) is 2. The molecule has 2 N–H and O–H groups in total. The second kappa shape index (κ2) is 5.14. The molecule has 0 aliphatic heterocycles. The number of hydrogen-bond acceptors (Lipinski definition) is 6. The Labute approximate surface area is 117 Å². The number of pyridine rings is 1. The van der Waals surface area contributed by atoms with Gasteiger partial charge in [-0.2, -0.15) is 0 Å². The Kier molecular flexibility index (Phi) is 3.53. The normalized spacial score (nSPS) is 10.2. The minimum atomic E-state index is -0.864. The SMILES string of the molecule is O=C(c1ccc(O)cc1O)c1nc(Cl)ccc1[N+](=O)[O-]. The van der Waals surface area contributed by atoms with Crippen LogP contribution in [0.1, 0.15) is 16.1 Å². The number of nitro groups is 1. The van der Waals surface area contributed by atoms with Crippen LogP contribution in [0, 0.1) is 10.1 Å². The average molecular weight is 295 g/mol. The number of nitrogens with zero attached hydrogens (tertiary/aromatic N) is 2. The second-order valence-electron chi connectivity index (χ2n) is 3.79. The molecule has 0 unspecified atom stereocenters. The van der Waals surface area contributed by atoms with Gasteiger partial charge in [0.25, 0.3) is 5.69 Å². The molecule has 0 aliphatic carbocycles. The number of halogens is 1. The van der Waals surface area contributed by atoms with E-state index in [9.17, 15) is 20.0 Å². The lowest BCUT2D eigenvalue weighted by molar-refractivity contribution is -0.385. The van der Waals surface area contributed by atoms with Crippen LogP contribution < -0.4 is 0 Å². The first kappa shape index (κ1) is 13.8. The van der Waals surface area contributed by atoms with Gasteiger partial charge >= 0.3 is 0 Å². The van der Waals surface area contributed by atoms with E-state index in [0.717, 1.165) is 18.2 Å². The highest BCUT2D eigenvalue weighted by Gasteiger charge is 2.25. The number of carbonyl (C=O) groups is 1. The number of aromatic nitrogens is 1. The number of benzene rings is 1. The number of ketones is 1. The van der Waals surface area contributed by atoms with Crippen LogP contribution in [0.25, 0.3) is 0 Å². The Bertz CT molecular complexity index is 717. The third-order valence-corrected chi connectivity index (χ3v) is 2.69. The Hall–Kier alpha value is -2.67. The summed E-state index contributed by atoms with van der Waals surface area (Å²) in [6, 6.07) is 5.50. The van der Waals surface area contributed by atoms with Gasteiger partial charge in [0, 0.05) is 12.1 Å². The van der Waals surface area contributed by atoms with Crippen LogP contribution in [-0.2, 0) is 0 Å². The van der Waals surface area contributed by atoms with Crippen molar-refractivity contribution in [3.63, 3.8) is 0 Å². The summed E-state index contributed by atoms with van der Waals surface area (Å²) in [6.45, 7) is 0. The molecule has 1 aromatic heterocycles. The third kappa shape index (κ3) is 2.52. The van der Waals surface area contributed by atoms with E-state index in [1.807, 2.05) is 0 Å². The predicted octanol–water partition coefficient (Wildman–Crippen LogP) is 2.29. The molecular weight excluding hydrogens is 288 g/mol. The molecule has 2 rings (SSSR count). The summed E-state index contributed by atoms with van der Waals surface area (Å²) in [5.41, 5.74) is -1.23.